The smallest absolute Gasteiger partial charge is 0.323 e. The Hall–Kier alpha value is -2.19. The number of amides is 3. The molecule has 1 aromatic carbocycles. The first-order chi connectivity index (χ1) is 15.9. The van der Waals surface area contributed by atoms with Gasteiger partial charge in [0.2, 0.25) is 0 Å². The van der Waals surface area contributed by atoms with E-state index in [2.05, 4.69) is 4.90 Å². The van der Waals surface area contributed by atoms with Crippen LogP contribution in [-0.2, 0) is 14.9 Å². The second-order valence-corrected chi connectivity index (χ2v) is 10.3. The first-order valence-corrected chi connectivity index (χ1v) is 12.3. The number of halogens is 1. The van der Waals surface area contributed by atoms with Gasteiger partial charge in [-0.15, -0.1) is 0 Å². The van der Waals surface area contributed by atoms with E-state index in [1.165, 1.54) is 6.07 Å². The van der Waals surface area contributed by atoms with Gasteiger partial charge < -0.3 is 19.4 Å². The van der Waals surface area contributed by atoms with Gasteiger partial charge in [0.05, 0.1) is 0 Å². The van der Waals surface area contributed by atoms with Crippen LogP contribution in [0, 0.1) is 5.82 Å². The maximum atomic E-state index is 14.2. The largest absolute Gasteiger partial charge is 0.368 e. The molecule has 0 radical (unpaired) electrons. The van der Waals surface area contributed by atoms with E-state index in [4.69, 9.17) is 4.74 Å². The molecule has 7 nitrogen and oxygen atoms in total. The van der Waals surface area contributed by atoms with Crippen molar-refractivity contribution >= 4 is 17.6 Å². The van der Waals surface area contributed by atoms with Crippen molar-refractivity contribution in [1.29, 1.82) is 0 Å². The van der Waals surface area contributed by atoms with Crippen molar-refractivity contribution in [1.82, 2.24) is 14.7 Å². The summed E-state index contributed by atoms with van der Waals surface area (Å²) in [6.45, 7) is 4.78. The zero-order chi connectivity index (χ0) is 23.2. The minimum atomic E-state index is -0.238. The molecule has 1 atom stereocenters. The number of hydrogen-bond donors (Lipinski definition) is 0. The van der Waals surface area contributed by atoms with E-state index in [0.717, 1.165) is 76.0 Å². The molecular weight excluding hydrogens is 423 g/mol. The van der Waals surface area contributed by atoms with Crippen molar-refractivity contribution in [2.75, 3.05) is 58.3 Å². The van der Waals surface area contributed by atoms with E-state index >= 15 is 0 Å². The number of nitrogens with zero attached hydrogens (tertiary/aromatic N) is 4. The molecule has 0 aromatic heterocycles. The van der Waals surface area contributed by atoms with Crippen LogP contribution in [0.25, 0.3) is 0 Å². The van der Waals surface area contributed by atoms with Crippen molar-refractivity contribution in [3.63, 3.8) is 0 Å². The minimum absolute atomic E-state index is 0.0505. The van der Waals surface area contributed by atoms with Crippen LogP contribution in [0.4, 0.5) is 14.9 Å². The third-order valence-electron chi connectivity index (χ3n) is 8.15. The number of anilines is 1. The Kier molecular flexibility index (Phi) is 6.07. The summed E-state index contributed by atoms with van der Waals surface area (Å²) < 4.78 is 19.8. The lowest BCUT2D eigenvalue weighted by atomic mass is 9.74. The number of benzene rings is 1. The summed E-state index contributed by atoms with van der Waals surface area (Å²) in [5.41, 5.74) is 1.65. The molecule has 1 spiro atoms. The Bertz CT molecular complexity index is 901. The number of likely N-dealkylation sites (tertiary alicyclic amines) is 2. The van der Waals surface area contributed by atoms with Gasteiger partial charge in [-0.2, -0.15) is 0 Å². The number of carbonyl (C=O) groups is 2. The molecule has 4 aliphatic rings. The van der Waals surface area contributed by atoms with E-state index in [0.29, 0.717) is 19.2 Å². The fourth-order valence-corrected chi connectivity index (χ4v) is 6.23. The van der Waals surface area contributed by atoms with Gasteiger partial charge in [0.15, 0.2) is 0 Å². The van der Waals surface area contributed by atoms with Gasteiger partial charge in [0, 0.05) is 57.5 Å². The van der Waals surface area contributed by atoms with Gasteiger partial charge in [-0.25, -0.2) is 9.18 Å². The highest BCUT2D eigenvalue weighted by atomic mass is 19.1. The number of rotatable bonds is 2. The fraction of sp³-hybridized carbons (Fsp3) is 0.680. The molecule has 5 rings (SSSR count). The number of fused-ring (bicyclic) bond motifs is 2. The van der Waals surface area contributed by atoms with Crippen LogP contribution in [0.15, 0.2) is 18.2 Å². The monoisotopic (exact) mass is 458 g/mol. The van der Waals surface area contributed by atoms with Gasteiger partial charge in [0.25, 0.3) is 5.91 Å². The highest BCUT2D eigenvalue weighted by molar-refractivity contribution is 5.95. The summed E-state index contributed by atoms with van der Waals surface area (Å²) in [5, 5.41) is 0. The normalized spacial score (nSPS) is 25.5. The van der Waals surface area contributed by atoms with Crippen LogP contribution in [0.3, 0.4) is 0 Å². The molecule has 8 heteroatoms. The Morgan fingerprint density at radius 3 is 2.45 bits per heavy atom. The second kappa shape index (κ2) is 8.87. The Morgan fingerprint density at radius 1 is 1.09 bits per heavy atom. The molecule has 3 saturated heterocycles. The summed E-state index contributed by atoms with van der Waals surface area (Å²) >= 11 is 0. The van der Waals surface area contributed by atoms with Crippen LogP contribution < -0.4 is 4.90 Å². The Labute approximate surface area is 195 Å². The van der Waals surface area contributed by atoms with Gasteiger partial charge >= 0.3 is 6.03 Å². The second-order valence-electron chi connectivity index (χ2n) is 10.3. The third kappa shape index (κ3) is 4.12. The summed E-state index contributed by atoms with van der Waals surface area (Å²) in [7, 11) is 3.52. The molecule has 33 heavy (non-hydrogen) atoms. The quantitative estimate of drug-likeness (QED) is 0.684. The molecule has 3 amide bonds. The zero-order valence-corrected chi connectivity index (χ0v) is 19.8. The maximum absolute atomic E-state index is 14.2. The minimum Gasteiger partial charge on any atom is -0.368 e. The van der Waals surface area contributed by atoms with Gasteiger partial charge in [-0.3, -0.25) is 9.69 Å². The molecular formula is C25H35FN4O3. The van der Waals surface area contributed by atoms with Crippen molar-refractivity contribution in [3.8, 4) is 0 Å². The summed E-state index contributed by atoms with van der Waals surface area (Å²) in [6, 6.07) is 5.28. The lowest BCUT2D eigenvalue weighted by Gasteiger charge is -2.45. The number of hydrogen-bond acceptors (Lipinski definition) is 4. The first kappa shape index (κ1) is 22.6. The highest BCUT2D eigenvalue weighted by Crippen LogP contribution is 2.48. The molecule has 0 unspecified atom stereocenters. The topological polar surface area (TPSA) is 56.3 Å². The van der Waals surface area contributed by atoms with Crippen LogP contribution in [0.5, 0.6) is 0 Å². The predicted molar refractivity (Wildman–Crippen MR) is 124 cm³/mol. The standard InChI is InChI=1S/C25H35FN4O3/c1-27(2)24(32)30-17-25(20-16-18(26)5-6-21(20)30)9-13-28(14-10-25)19-7-11-29(12-8-19)23(31)22-4-3-15-33-22/h5-6,16,19,22H,3-4,7-15,17H2,1-2H3/t22-/m0/s1. The Morgan fingerprint density at radius 2 is 1.82 bits per heavy atom. The Balaban J connectivity index is 1.22. The van der Waals surface area contributed by atoms with Crippen molar-refractivity contribution < 1.29 is 18.7 Å². The van der Waals surface area contributed by atoms with E-state index in [9.17, 15) is 14.0 Å². The average Bonchev–Trinajstić information content (AvgIpc) is 3.46. The summed E-state index contributed by atoms with van der Waals surface area (Å²) in [4.78, 5) is 33.4. The van der Waals surface area contributed by atoms with E-state index < -0.39 is 0 Å². The summed E-state index contributed by atoms with van der Waals surface area (Å²) in [6.07, 6.45) is 5.40. The summed E-state index contributed by atoms with van der Waals surface area (Å²) in [5.74, 6) is -0.0724. The molecule has 4 aliphatic heterocycles. The molecule has 0 bridgehead atoms. The number of ether oxygens (including phenoxy) is 1. The van der Waals surface area contributed by atoms with Crippen LogP contribution in [0.1, 0.15) is 44.1 Å². The van der Waals surface area contributed by atoms with Crippen molar-refractivity contribution in [2.24, 2.45) is 0 Å². The lowest BCUT2D eigenvalue weighted by molar-refractivity contribution is -0.142. The zero-order valence-electron chi connectivity index (χ0n) is 19.8. The van der Waals surface area contributed by atoms with E-state index in [1.54, 1.807) is 31.1 Å². The van der Waals surface area contributed by atoms with Gasteiger partial charge in [-0.05, 0) is 75.4 Å². The van der Waals surface area contributed by atoms with Crippen LogP contribution in [-0.4, -0.2) is 92.2 Å². The molecule has 1 aromatic rings. The maximum Gasteiger partial charge on any atom is 0.323 e. The SMILES string of the molecule is CN(C)C(=O)N1CC2(CCN(C3CCN(C(=O)[C@@H]4CCCO4)CC3)CC2)c2cc(F)ccc21. The van der Waals surface area contributed by atoms with Crippen LogP contribution in [0.2, 0.25) is 0 Å². The number of carbonyl (C=O) groups excluding carboxylic acids is 2. The third-order valence-corrected chi connectivity index (χ3v) is 8.15. The van der Waals surface area contributed by atoms with E-state index in [1.807, 2.05) is 9.80 Å². The predicted octanol–water partition coefficient (Wildman–Crippen LogP) is 2.83. The van der Waals surface area contributed by atoms with Gasteiger partial charge in [0.1, 0.15) is 11.9 Å². The van der Waals surface area contributed by atoms with Crippen molar-refractivity contribution in [3.05, 3.63) is 29.6 Å². The van der Waals surface area contributed by atoms with E-state index in [-0.39, 0.29) is 29.3 Å². The molecule has 4 heterocycles. The number of piperidine rings is 2. The molecule has 3 fully saturated rings. The fourth-order valence-electron chi connectivity index (χ4n) is 6.23. The molecule has 180 valence electrons. The molecule has 0 N–H and O–H groups in total. The highest BCUT2D eigenvalue weighted by Gasteiger charge is 2.47. The van der Waals surface area contributed by atoms with Crippen molar-refractivity contribution in [2.45, 2.75) is 56.1 Å². The first-order valence-electron chi connectivity index (χ1n) is 12.3. The average molecular weight is 459 g/mol. The van der Waals surface area contributed by atoms with Gasteiger partial charge in [-0.1, -0.05) is 0 Å². The van der Waals surface area contributed by atoms with Crippen LogP contribution >= 0.6 is 0 Å². The molecule has 0 aliphatic carbocycles. The number of urea groups is 1. The molecule has 0 saturated carbocycles. The lowest BCUT2D eigenvalue weighted by Crippen LogP contribution is -2.53.